The summed E-state index contributed by atoms with van der Waals surface area (Å²) in [4.78, 5) is 12.0. The molecule has 122 valence electrons. The van der Waals surface area contributed by atoms with E-state index < -0.39 is 0 Å². The SMILES string of the molecule is CC(C)Nc1cc(-c2ccccc2)nc(N2CCCCCC2)n1. The molecule has 0 saturated carbocycles. The molecule has 1 aliphatic rings. The second-order valence-electron chi connectivity index (χ2n) is 6.50. The fourth-order valence-electron chi connectivity index (χ4n) is 2.97. The van der Waals surface area contributed by atoms with Crippen LogP contribution >= 0.6 is 0 Å². The Hall–Kier alpha value is -2.10. The zero-order valence-electron chi connectivity index (χ0n) is 14.1. The van der Waals surface area contributed by atoms with Gasteiger partial charge < -0.3 is 10.2 Å². The van der Waals surface area contributed by atoms with Crippen molar-refractivity contribution < 1.29 is 0 Å². The van der Waals surface area contributed by atoms with Gasteiger partial charge in [0.25, 0.3) is 0 Å². The van der Waals surface area contributed by atoms with E-state index in [1.807, 2.05) is 6.07 Å². The normalized spacial score (nSPS) is 15.5. The summed E-state index contributed by atoms with van der Waals surface area (Å²) in [5.41, 5.74) is 2.13. The Morgan fingerprint density at radius 3 is 2.30 bits per heavy atom. The van der Waals surface area contributed by atoms with Gasteiger partial charge >= 0.3 is 0 Å². The van der Waals surface area contributed by atoms with E-state index in [9.17, 15) is 0 Å². The lowest BCUT2D eigenvalue weighted by atomic mass is 10.1. The van der Waals surface area contributed by atoms with Crippen LogP contribution < -0.4 is 10.2 Å². The predicted octanol–water partition coefficient (Wildman–Crippen LogP) is 4.34. The van der Waals surface area contributed by atoms with Gasteiger partial charge in [0.2, 0.25) is 5.95 Å². The minimum Gasteiger partial charge on any atom is -0.368 e. The van der Waals surface area contributed by atoms with Gasteiger partial charge in [-0.05, 0) is 26.7 Å². The van der Waals surface area contributed by atoms with Gasteiger partial charge in [-0.3, -0.25) is 0 Å². The lowest BCUT2D eigenvalue weighted by Gasteiger charge is -2.22. The quantitative estimate of drug-likeness (QED) is 0.912. The molecule has 1 aliphatic heterocycles. The molecule has 0 unspecified atom stereocenters. The van der Waals surface area contributed by atoms with Crippen LogP contribution in [-0.2, 0) is 0 Å². The molecule has 0 spiro atoms. The summed E-state index contributed by atoms with van der Waals surface area (Å²) in [7, 11) is 0. The molecule has 2 aromatic rings. The molecule has 2 heterocycles. The zero-order valence-corrected chi connectivity index (χ0v) is 14.1. The van der Waals surface area contributed by atoms with Crippen molar-refractivity contribution in [3.8, 4) is 11.3 Å². The van der Waals surface area contributed by atoms with Crippen molar-refractivity contribution in [2.45, 2.75) is 45.6 Å². The lowest BCUT2D eigenvalue weighted by molar-refractivity contribution is 0.726. The Labute approximate surface area is 139 Å². The lowest BCUT2D eigenvalue weighted by Crippen LogP contribution is -2.26. The van der Waals surface area contributed by atoms with Crippen LogP contribution in [0.2, 0.25) is 0 Å². The maximum Gasteiger partial charge on any atom is 0.227 e. The molecule has 1 aromatic carbocycles. The largest absolute Gasteiger partial charge is 0.368 e. The Morgan fingerprint density at radius 2 is 1.65 bits per heavy atom. The minimum atomic E-state index is 0.352. The van der Waals surface area contributed by atoms with Gasteiger partial charge in [0, 0.05) is 30.8 Å². The van der Waals surface area contributed by atoms with E-state index in [0.29, 0.717) is 6.04 Å². The van der Waals surface area contributed by atoms with E-state index in [1.165, 1.54) is 25.7 Å². The first-order chi connectivity index (χ1) is 11.2. The molecule has 1 aromatic heterocycles. The smallest absolute Gasteiger partial charge is 0.227 e. The Bertz CT molecular complexity index is 617. The van der Waals surface area contributed by atoms with E-state index >= 15 is 0 Å². The Kier molecular flexibility index (Phi) is 5.11. The van der Waals surface area contributed by atoms with Crippen LogP contribution in [0.15, 0.2) is 36.4 Å². The molecular formula is C19H26N4. The average molecular weight is 310 g/mol. The highest BCUT2D eigenvalue weighted by molar-refractivity contribution is 5.64. The monoisotopic (exact) mass is 310 g/mol. The Balaban J connectivity index is 1.97. The highest BCUT2D eigenvalue weighted by Crippen LogP contribution is 2.24. The standard InChI is InChI=1S/C19H26N4/c1-15(2)20-18-14-17(16-10-6-5-7-11-16)21-19(22-18)23-12-8-3-4-9-13-23/h5-7,10-11,14-15H,3-4,8-9,12-13H2,1-2H3,(H,20,21,22). The molecule has 0 aliphatic carbocycles. The van der Waals surface area contributed by atoms with Crippen LogP contribution in [0.5, 0.6) is 0 Å². The summed E-state index contributed by atoms with van der Waals surface area (Å²) < 4.78 is 0. The maximum absolute atomic E-state index is 4.85. The van der Waals surface area contributed by atoms with E-state index in [2.05, 4.69) is 54.4 Å². The summed E-state index contributed by atoms with van der Waals surface area (Å²) in [6.45, 7) is 6.38. The molecule has 4 heteroatoms. The summed E-state index contributed by atoms with van der Waals surface area (Å²) in [6, 6.07) is 12.8. The van der Waals surface area contributed by atoms with Gasteiger partial charge in [0.1, 0.15) is 5.82 Å². The maximum atomic E-state index is 4.85. The number of anilines is 2. The van der Waals surface area contributed by atoms with Crippen molar-refractivity contribution in [3.63, 3.8) is 0 Å². The average Bonchev–Trinajstić information content (AvgIpc) is 2.84. The molecule has 4 nitrogen and oxygen atoms in total. The minimum absolute atomic E-state index is 0.352. The van der Waals surface area contributed by atoms with Gasteiger partial charge in [-0.25, -0.2) is 4.98 Å². The number of rotatable bonds is 4. The molecule has 1 N–H and O–H groups in total. The number of nitrogens with zero attached hydrogens (tertiary/aromatic N) is 3. The fraction of sp³-hybridized carbons (Fsp3) is 0.474. The van der Waals surface area contributed by atoms with E-state index in [1.54, 1.807) is 0 Å². The highest BCUT2D eigenvalue weighted by atomic mass is 15.3. The third kappa shape index (κ3) is 4.21. The number of aromatic nitrogens is 2. The van der Waals surface area contributed by atoms with Crippen LogP contribution in [-0.4, -0.2) is 29.1 Å². The van der Waals surface area contributed by atoms with Gasteiger partial charge in [0.05, 0.1) is 5.69 Å². The number of nitrogens with one attached hydrogen (secondary N) is 1. The summed E-state index contributed by atoms with van der Waals surface area (Å²) in [5, 5.41) is 3.43. The highest BCUT2D eigenvalue weighted by Gasteiger charge is 2.15. The van der Waals surface area contributed by atoms with Gasteiger partial charge in [-0.15, -0.1) is 0 Å². The number of benzene rings is 1. The van der Waals surface area contributed by atoms with Crippen LogP contribution in [0.25, 0.3) is 11.3 Å². The van der Waals surface area contributed by atoms with Gasteiger partial charge in [-0.1, -0.05) is 43.2 Å². The van der Waals surface area contributed by atoms with Crippen molar-refractivity contribution in [3.05, 3.63) is 36.4 Å². The van der Waals surface area contributed by atoms with Gasteiger partial charge in [-0.2, -0.15) is 4.98 Å². The van der Waals surface area contributed by atoms with E-state index in [-0.39, 0.29) is 0 Å². The molecule has 1 saturated heterocycles. The van der Waals surface area contributed by atoms with Crippen molar-refractivity contribution in [2.24, 2.45) is 0 Å². The molecule has 3 rings (SSSR count). The zero-order chi connectivity index (χ0) is 16.1. The second kappa shape index (κ2) is 7.44. The molecule has 23 heavy (non-hydrogen) atoms. The second-order valence-corrected chi connectivity index (χ2v) is 6.50. The predicted molar refractivity (Wildman–Crippen MR) is 96.9 cm³/mol. The van der Waals surface area contributed by atoms with Gasteiger partial charge in [0.15, 0.2) is 0 Å². The molecule has 0 atom stereocenters. The summed E-state index contributed by atoms with van der Waals surface area (Å²) in [5.74, 6) is 1.77. The topological polar surface area (TPSA) is 41.1 Å². The van der Waals surface area contributed by atoms with Crippen LogP contribution in [0.4, 0.5) is 11.8 Å². The van der Waals surface area contributed by atoms with Crippen molar-refractivity contribution >= 4 is 11.8 Å². The third-order valence-corrected chi connectivity index (χ3v) is 4.11. The molecular weight excluding hydrogens is 284 g/mol. The number of hydrogen-bond acceptors (Lipinski definition) is 4. The Morgan fingerprint density at radius 1 is 0.957 bits per heavy atom. The molecule has 0 amide bonds. The summed E-state index contributed by atoms with van der Waals surface area (Å²) in [6.07, 6.45) is 5.08. The number of hydrogen-bond donors (Lipinski definition) is 1. The van der Waals surface area contributed by atoms with Crippen LogP contribution in [0.1, 0.15) is 39.5 Å². The molecule has 1 fully saturated rings. The van der Waals surface area contributed by atoms with Crippen molar-refractivity contribution in [2.75, 3.05) is 23.3 Å². The summed E-state index contributed by atoms with van der Waals surface area (Å²) >= 11 is 0. The molecule has 0 bridgehead atoms. The van der Waals surface area contributed by atoms with Crippen molar-refractivity contribution in [1.29, 1.82) is 0 Å². The van der Waals surface area contributed by atoms with Crippen LogP contribution in [0.3, 0.4) is 0 Å². The van der Waals surface area contributed by atoms with Crippen molar-refractivity contribution in [1.82, 2.24) is 9.97 Å². The van der Waals surface area contributed by atoms with E-state index in [0.717, 1.165) is 36.1 Å². The molecule has 0 radical (unpaired) electrons. The first-order valence-corrected chi connectivity index (χ1v) is 8.68. The third-order valence-electron chi connectivity index (χ3n) is 4.11. The first-order valence-electron chi connectivity index (χ1n) is 8.68. The van der Waals surface area contributed by atoms with E-state index in [4.69, 9.17) is 9.97 Å². The first kappa shape index (κ1) is 15.8. The fourth-order valence-corrected chi connectivity index (χ4v) is 2.97. The van der Waals surface area contributed by atoms with Crippen LogP contribution in [0, 0.1) is 0 Å².